The third-order valence-corrected chi connectivity index (χ3v) is 1.62. The predicted octanol–water partition coefficient (Wildman–Crippen LogP) is -1.75. The number of halogens is 1. The molecule has 0 aliphatic heterocycles. The van der Waals surface area contributed by atoms with Crippen LogP contribution < -0.4 is 22.5 Å². The molecule has 0 saturated carbocycles. The van der Waals surface area contributed by atoms with Gasteiger partial charge in [0.15, 0.2) is 18.2 Å². The Morgan fingerprint density at radius 3 is 2.43 bits per heavy atom. The number of anilines is 1. The van der Waals surface area contributed by atoms with E-state index >= 15 is 0 Å². The Morgan fingerprint density at radius 1 is 1.00 bits per heavy atom. The summed E-state index contributed by atoms with van der Waals surface area (Å²) in [6.45, 7) is 0. The molecule has 1 N–H and O–H groups in total. The van der Waals surface area contributed by atoms with Crippen LogP contribution >= 0.6 is 0 Å². The second-order valence-electron chi connectivity index (χ2n) is 2.61. The van der Waals surface area contributed by atoms with Crippen LogP contribution in [0.3, 0.4) is 0 Å². The zero-order chi connectivity index (χ0) is 8.93. The maximum atomic E-state index is 4.14. The van der Waals surface area contributed by atoms with Crippen molar-refractivity contribution in [1.29, 1.82) is 0 Å². The van der Waals surface area contributed by atoms with Crippen molar-refractivity contribution in [2.24, 2.45) is 0 Å². The molecule has 2 heterocycles. The van der Waals surface area contributed by atoms with Gasteiger partial charge in [0.1, 0.15) is 0 Å². The van der Waals surface area contributed by atoms with Crippen molar-refractivity contribution < 1.29 is 17.1 Å². The Bertz CT molecular complexity index is 326. The minimum atomic E-state index is 0. The molecule has 0 aromatic carbocycles. The van der Waals surface area contributed by atoms with E-state index in [4.69, 9.17) is 0 Å². The molecule has 0 saturated heterocycles. The highest BCUT2D eigenvalue weighted by Gasteiger charge is 1.97. The van der Waals surface area contributed by atoms with Gasteiger partial charge >= 0.3 is 0 Å². The maximum absolute atomic E-state index is 4.14. The Kier molecular flexibility index (Phi) is 3.88. The molecule has 0 spiro atoms. The van der Waals surface area contributed by atoms with Gasteiger partial charge in [0.2, 0.25) is 0 Å². The summed E-state index contributed by atoms with van der Waals surface area (Å²) < 4.78 is 1.85. The first-order valence-electron chi connectivity index (χ1n) is 4.09. The lowest BCUT2D eigenvalue weighted by atomic mass is 10.5. The van der Waals surface area contributed by atoms with Crippen molar-refractivity contribution in [1.82, 2.24) is 4.98 Å². The molecule has 0 aliphatic rings. The number of rotatable bonds is 2. The average molecular weight is 208 g/mol. The van der Waals surface area contributed by atoms with E-state index in [9.17, 15) is 0 Å². The van der Waals surface area contributed by atoms with Crippen LogP contribution in [0.25, 0.3) is 0 Å². The van der Waals surface area contributed by atoms with E-state index in [0.717, 1.165) is 5.82 Å². The Balaban J connectivity index is 0.000000980. The fourth-order valence-corrected chi connectivity index (χ4v) is 1.03. The number of hydrogen-bond acceptors (Lipinski definition) is 2. The van der Waals surface area contributed by atoms with Gasteiger partial charge in [0, 0.05) is 18.3 Å². The van der Waals surface area contributed by atoms with Gasteiger partial charge in [-0.1, -0.05) is 16.8 Å². The standard InChI is InChI=1S/C10H10N3.ClH/c1-4-8-13(9-5-1)12-10-6-2-3-7-11-10;/h1-9H,(H,11,12);1H/q+1;/p-1. The van der Waals surface area contributed by atoms with E-state index in [1.54, 1.807) is 6.20 Å². The first-order valence-corrected chi connectivity index (χ1v) is 4.09. The van der Waals surface area contributed by atoms with Gasteiger partial charge in [0.05, 0.1) is 0 Å². The molecule has 0 fully saturated rings. The van der Waals surface area contributed by atoms with Gasteiger partial charge in [-0.3, -0.25) is 0 Å². The van der Waals surface area contributed by atoms with Gasteiger partial charge in [-0.05, 0) is 12.1 Å². The van der Waals surface area contributed by atoms with Crippen molar-refractivity contribution >= 4 is 5.82 Å². The third-order valence-electron chi connectivity index (χ3n) is 1.62. The molecular weight excluding hydrogens is 198 g/mol. The SMILES string of the molecule is [Cl-].c1cc[n+](Nc2ccccn2)cc1. The predicted molar refractivity (Wildman–Crippen MR) is 49.9 cm³/mol. The summed E-state index contributed by atoms with van der Waals surface area (Å²) in [5.41, 5.74) is 3.11. The topological polar surface area (TPSA) is 28.8 Å². The summed E-state index contributed by atoms with van der Waals surface area (Å²) in [4.78, 5) is 4.14. The Labute approximate surface area is 88.8 Å². The van der Waals surface area contributed by atoms with Crippen molar-refractivity contribution in [3.05, 3.63) is 55.0 Å². The fraction of sp³-hybridized carbons (Fsp3) is 0. The molecule has 72 valence electrons. The molecule has 0 radical (unpaired) electrons. The average Bonchev–Trinajstić information content (AvgIpc) is 2.21. The first-order chi connectivity index (χ1) is 6.45. The van der Waals surface area contributed by atoms with E-state index in [-0.39, 0.29) is 12.4 Å². The summed E-state index contributed by atoms with van der Waals surface area (Å²) in [7, 11) is 0. The molecule has 0 atom stereocenters. The molecule has 0 unspecified atom stereocenters. The van der Waals surface area contributed by atoms with E-state index in [0.29, 0.717) is 0 Å². The summed E-state index contributed by atoms with van der Waals surface area (Å²) in [6, 6.07) is 11.6. The van der Waals surface area contributed by atoms with Crippen LogP contribution in [0.2, 0.25) is 0 Å². The number of nitrogens with one attached hydrogen (secondary N) is 1. The molecule has 0 bridgehead atoms. The first kappa shape index (κ1) is 10.5. The zero-order valence-corrected chi connectivity index (χ0v) is 8.22. The van der Waals surface area contributed by atoms with Crippen molar-refractivity contribution in [3.63, 3.8) is 0 Å². The Hall–Kier alpha value is -1.61. The van der Waals surface area contributed by atoms with Crippen LogP contribution in [0.4, 0.5) is 5.82 Å². The van der Waals surface area contributed by atoms with Crippen molar-refractivity contribution in [2.45, 2.75) is 0 Å². The van der Waals surface area contributed by atoms with Crippen LogP contribution in [0.1, 0.15) is 0 Å². The van der Waals surface area contributed by atoms with Crippen LogP contribution in [-0.2, 0) is 0 Å². The van der Waals surface area contributed by atoms with E-state index in [1.165, 1.54) is 0 Å². The maximum Gasteiger partial charge on any atom is 0.199 e. The lowest BCUT2D eigenvalue weighted by Gasteiger charge is -1.96. The molecule has 2 rings (SSSR count). The number of aromatic nitrogens is 2. The van der Waals surface area contributed by atoms with Crippen LogP contribution in [0.5, 0.6) is 0 Å². The fourth-order valence-electron chi connectivity index (χ4n) is 1.03. The van der Waals surface area contributed by atoms with Crippen molar-refractivity contribution in [3.8, 4) is 0 Å². The molecule has 2 aromatic rings. The van der Waals surface area contributed by atoms with Gasteiger partial charge in [-0.15, -0.1) is 5.43 Å². The smallest absolute Gasteiger partial charge is 0.199 e. The molecular formula is C10H10ClN3. The van der Waals surface area contributed by atoms with Gasteiger partial charge in [-0.25, -0.2) is 4.98 Å². The molecule has 3 nitrogen and oxygen atoms in total. The zero-order valence-electron chi connectivity index (χ0n) is 7.47. The third kappa shape index (κ3) is 2.71. The largest absolute Gasteiger partial charge is 1.00 e. The van der Waals surface area contributed by atoms with Crippen LogP contribution in [-0.4, -0.2) is 4.98 Å². The van der Waals surface area contributed by atoms with Gasteiger partial charge < -0.3 is 12.4 Å². The van der Waals surface area contributed by atoms with Gasteiger partial charge in [-0.2, -0.15) is 0 Å². The van der Waals surface area contributed by atoms with Crippen LogP contribution in [0, 0.1) is 0 Å². The van der Waals surface area contributed by atoms with Crippen LogP contribution in [0.15, 0.2) is 55.0 Å². The highest BCUT2D eigenvalue weighted by atomic mass is 35.5. The van der Waals surface area contributed by atoms with Crippen molar-refractivity contribution in [2.75, 3.05) is 5.43 Å². The second-order valence-corrected chi connectivity index (χ2v) is 2.61. The second kappa shape index (κ2) is 5.19. The summed E-state index contributed by atoms with van der Waals surface area (Å²) in [5.74, 6) is 0.832. The van der Waals surface area contributed by atoms with Gasteiger partial charge in [0.25, 0.3) is 0 Å². The number of hydrogen-bond donors (Lipinski definition) is 1. The lowest BCUT2D eigenvalue weighted by molar-refractivity contribution is -0.643. The summed E-state index contributed by atoms with van der Waals surface area (Å²) in [6.07, 6.45) is 5.61. The summed E-state index contributed by atoms with van der Waals surface area (Å²) in [5, 5.41) is 0. The van der Waals surface area contributed by atoms with E-state index in [1.807, 2.05) is 53.5 Å². The molecule has 4 heteroatoms. The quantitative estimate of drug-likeness (QED) is 0.592. The number of nitrogens with zero attached hydrogens (tertiary/aromatic N) is 2. The molecule has 0 amide bonds. The molecule has 14 heavy (non-hydrogen) atoms. The molecule has 2 aromatic heterocycles. The van der Waals surface area contributed by atoms with E-state index < -0.39 is 0 Å². The molecule has 0 aliphatic carbocycles. The minimum absolute atomic E-state index is 0. The highest BCUT2D eigenvalue weighted by Crippen LogP contribution is 1.96. The Morgan fingerprint density at radius 2 is 1.79 bits per heavy atom. The minimum Gasteiger partial charge on any atom is -1.00 e. The highest BCUT2D eigenvalue weighted by molar-refractivity contribution is 5.29. The van der Waals surface area contributed by atoms with E-state index in [2.05, 4.69) is 10.4 Å². The normalized spacial score (nSPS) is 8.86. The number of pyridine rings is 2. The monoisotopic (exact) mass is 207 g/mol. The lowest BCUT2D eigenvalue weighted by Crippen LogP contribution is -3.00. The summed E-state index contributed by atoms with van der Waals surface area (Å²) >= 11 is 0.